The van der Waals surface area contributed by atoms with Crippen LogP contribution in [0.25, 0.3) is 10.9 Å². The molecular weight excluding hydrogens is 462 g/mol. The molecule has 4 rings (SSSR count). The maximum absolute atomic E-state index is 13.8. The van der Waals surface area contributed by atoms with Crippen molar-refractivity contribution < 1.29 is 23.4 Å². The summed E-state index contributed by atoms with van der Waals surface area (Å²) in [5.74, 6) is 4.79. The zero-order chi connectivity index (χ0) is 25.5. The number of nitrogens with zero attached hydrogens (tertiary/aromatic N) is 2. The standard InChI is InChI=1S/C29H30F2N2O3/c1-36-25-9-10-28-26(18-25)21(11-13-32-28)5-2-4-20-12-15-33(19-23(20)16-29(34)35)14-3-6-22-7-8-24(30)17-27(22)31/h7-11,13,17-18,20,23H,2,4-5,12,14-16,19H2,1H3,(H,34,35)/t20-,23+/m1/s1. The summed E-state index contributed by atoms with van der Waals surface area (Å²) in [6, 6.07) is 11.3. The molecule has 36 heavy (non-hydrogen) atoms. The zero-order valence-electron chi connectivity index (χ0n) is 20.3. The molecule has 0 radical (unpaired) electrons. The van der Waals surface area contributed by atoms with Gasteiger partial charge in [-0.3, -0.25) is 14.7 Å². The molecule has 1 fully saturated rings. The van der Waals surface area contributed by atoms with Gasteiger partial charge in [0.05, 0.1) is 24.7 Å². The Morgan fingerprint density at radius 3 is 2.83 bits per heavy atom. The fraction of sp³-hybridized carbons (Fsp3) is 0.379. The van der Waals surface area contributed by atoms with Gasteiger partial charge in [-0.25, -0.2) is 8.78 Å². The maximum atomic E-state index is 13.8. The molecule has 5 nitrogen and oxygen atoms in total. The smallest absolute Gasteiger partial charge is 0.303 e. The molecule has 3 aromatic rings. The van der Waals surface area contributed by atoms with E-state index in [2.05, 4.69) is 21.7 Å². The number of hydrogen-bond donors (Lipinski definition) is 1. The number of hydrogen-bond acceptors (Lipinski definition) is 4. The average molecular weight is 493 g/mol. The van der Waals surface area contributed by atoms with Crippen molar-refractivity contribution in [3.05, 3.63) is 71.4 Å². The molecule has 1 aliphatic heterocycles. The fourth-order valence-electron chi connectivity index (χ4n) is 5.05. The van der Waals surface area contributed by atoms with Crippen LogP contribution in [0.3, 0.4) is 0 Å². The third-order valence-electron chi connectivity index (χ3n) is 6.93. The van der Waals surface area contributed by atoms with Crippen LogP contribution in [0.1, 0.15) is 36.8 Å². The summed E-state index contributed by atoms with van der Waals surface area (Å²) < 4.78 is 32.3. The number of methoxy groups -OCH3 is 1. The Hall–Kier alpha value is -3.50. The van der Waals surface area contributed by atoms with E-state index in [1.54, 1.807) is 7.11 Å². The number of rotatable bonds is 8. The van der Waals surface area contributed by atoms with Crippen molar-refractivity contribution in [3.63, 3.8) is 0 Å². The Morgan fingerprint density at radius 2 is 2.06 bits per heavy atom. The van der Waals surface area contributed by atoms with Crippen LogP contribution in [0.15, 0.2) is 48.7 Å². The van der Waals surface area contributed by atoms with E-state index in [1.165, 1.54) is 17.7 Å². The van der Waals surface area contributed by atoms with E-state index < -0.39 is 17.6 Å². The molecular formula is C29H30F2N2O3. The van der Waals surface area contributed by atoms with Gasteiger partial charge in [-0.05, 0) is 86.0 Å². The lowest BCUT2D eigenvalue weighted by atomic mass is 9.80. The molecule has 1 aromatic heterocycles. The number of likely N-dealkylation sites (tertiary alicyclic amines) is 1. The molecule has 1 N–H and O–H groups in total. The molecule has 1 aliphatic rings. The van der Waals surface area contributed by atoms with E-state index in [0.717, 1.165) is 54.9 Å². The first-order chi connectivity index (χ1) is 17.4. The van der Waals surface area contributed by atoms with Crippen molar-refractivity contribution in [3.8, 4) is 17.6 Å². The largest absolute Gasteiger partial charge is 0.497 e. The minimum absolute atomic E-state index is 0.0369. The van der Waals surface area contributed by atoms with Gasteiger partial charge in [0.25, 0.3) is 0 Å². The van der Waals surface area contributed by atoms with E-state index in [1.807, 2.05) is 30.5 Å². The minimum Gasteiger partial charge on any atom is -0.497 e. The third-order valence-corrected chi connectivity index (χ3v) is 6.93. The number of carboxylic acids is 1. The first-order valence-electron chi connectivity index (χ1n) is 12.2. The fourth-order valence-corrected chi connectivity index (χ4v) is 5.05. The van der Waals surface area contributed by atoms with E-state index in [4.69, 9.17) is 4.74 Å². The number of ether oxygens (including phenoxy) is 1. The molecule has 1 saturated heterocycles. The monoisotopic (exact) mass is 492 g/mol. The highest BCUT2D eigenvalue weighted by Crippen LogP contribution is 2.31. The summed E-state index contributed by atoms with van der Waals surface area (Å²) in [5.41, 5.74) is 2.32. The molecule has 0 amide bonds. The van der Waals surface area contributed by atoms with Crippen LogP contribution in [0, 0.1) is 35.3 Å². The van der Waals surface area contributed by atoms with Gasteiger partial charge in [-0.2, -0.15) is 0 Å². The van der Waals surface area contributed by atoms with Gasteiger partial charge in [-0.1, -0.05) is 11.8 Å². The number of aliphatic carboxylic acids is 1. The van der Waals surface area contributed by atoms with Crippen LogP contribution in [-0.2, 0) is 11.2 Å². The van der Waals surface area contributed by atoms with Crippen molar-refractivity contribution in [2.75, 3.05) is 26.7 Å². The molecule has 0 saturated carbocycles. The van der Waals surface area contributed by atoms with E-state index >= 15 is 0 Å². The Labute approximate surface area is 210 Å². The van der Waals surface area contributed by atoms with Crippen LogP contribution in [0.2, 0.25) is 0 Å². The van der Waals surface area contributed by atoms with Crippen molar-refractivity contribution in [2.24, 2.45) is 11.8 Å². The Morgan fingerprint density at radius 1 is 1.19 bits per heavy atom. The van der Waals surface area contributed by atoms with Crippen molar-refractivity contribution in [2.45, 2.75) is 32.1 Å². The van der Waals surface area contributed by atoms with E-state index in [9.17, 15) is 18.7 Å². The number of benzene rings is 2. The number of carbonyl (C=O) groups is 1. The van der Waals surface area contributed by atoms with Crippen LogP contribution in [-0.4, -0.2) is 47.7 Å². The van der Waals surface area contributed by atoms with Crippen LogP contribution in [0.5, 0.6) is 5.75 Å². The van der Waals surface area contributed by atoms with Crippen molar-refractivity contribution >= 4 is 16.9 Å². The van der Waals surface area contributed by atoms with E-state index in [0.29, 0.717) is 19.0 Å². The molecule has 2 heterocycles. The van der Waals surface area contributed by atoms with Crippen LogP contribution < -0.4 is 4.74 Å². The number of aryl methyl sites for hydroxylation is 1. The third kappa shape index (κ3) is 6.58. The lowest BCUT2D eigenvalue weighted by Gasteiger charge is -2.37. The minimum atomic E-state index is -0.793. The molecule has 2 atom stereocenters. The van der Waals surface area contributed by atoms with Gasteiger partial charge in [0.1, 0.15) is 17.4 Å². The quantitative estimate of drug-likeness (QED) is 0.432. The first kappa shape index (κ1) is 25.6. The highest BCUT2D eigenvalue weighted by atomic mass is 19.1. The van der Waals surface area contributed by atoms with Crippen molar-refractivity contribution in [1.29, 1.82) is 0 Å². The second-order valence-corrected chi connectivity index (χ2v) is 9.31. The summed E-state index contributed by atoms with van der Waals surface area (Å²) in [7, 11) is 1.65. The van der Waals surface area contributed by atoms with Crippen molar-refractivity contribution in [1.82, 2.24) is 9.88 Å². The molecule has 188 valence electrons. The van der Waals surface area contributed by atoms with Crippen LogP contribution in [0.4, 0.5) is 8.78 Å². The highest BCUT2D eigenvalue weighted by Gasteiger charge is 2.30. The zero-order valence-corrected chi connectivity index (χ0v) is 20.3. The molecule has 0 bridgehead atoms. The Bertz CT molecular complexity index is 1280. The lowest BCUT2D eigenvalue weighted by Crippen LogP contribution is -2.41. The summed E-state index contributed by atoms with van der Waals surface area (Å²) >= 11 is 0. The Kier molecular flexibility index (Phi) is 8.50. The predicted molar refractivity (Wildman–Crippen MR) is 135 cm³/mol. The summed E-state index contributed by atoms with van der Waals surface area (Å²) in [5, 5.41) is 10.6. The molecule has 2 aromatic carbocycles. The number of fused-ring (bicyclic) bond motifs is 1. The molecule has 0 spiro atoms. The summed E-state index contributed by atoms with van der Waals surface area (Å²) in [4.78, 5) is 18.1. The summed E-state index contributed by atoms with van der Waals surface area (Å²) in [6.07, 6.45) is 5.65. The van der Waals surface area contributed by atoms with Gasteiger partial charge in [0, 0.05) is 30.6 Å². The lowest BCUT2D eigenvalue weighted by molar-refractivity contribution is -0.139. The number of piperidine rings is 1. The van der Waals surface area contributed by atoms with Gasteiger partial charge in [0.15, 0.2) is 0 Å². The highest BCUT2D eigenvalue weighted by molar-refractivity contribution is 5.83. The molecule has 0 unspecified atom stereocenters. The van der Waals surface area contributed by atoms with Gasteiger partial charge in [0.2, 0.25) is 0 Å². The number of halogens is 2. The van der Waals surface area contributed by atoms with Gasteiger partial charge < -0.3 is 9.84 Å². The van der Waals surface area contributed by atoms with Gasteiger partial charge >= 0.3 is 5.97 Å². The predicted octanol–water partition coefficient (Wildman–Crippen LogP) is 5.31. The Balaban J connectivity index is 1.35. The maximum Gasteiger partial charge on any atom is 0.303 e. The second kappa shape index (κ2) is 12.0. The molecule has 0 aliphatic carbocycles. The SMILES string of the molecule is COc1ccc2nccc(CCC[C@@H]3CCN(CC#Cc4ccc(F)cc4F)C[C@@H]3CC(=O)O)c2c1. The number of aromatic nitrogens is 1. The summed E-state index contributed by atoms with van der Waals surface area (Å²) in [6.45, 7) is 1.88. The number of carboxylic acid groups (broad SMARTS) is 1. The molecule has 7 heteroatoms. The average Bonchev–Trinajstić information content (AvgIpc) is 2.86. The van der Waals surface area contributed by atoms with E-state index in [-0.39, 0.29) is 17.9 Å². The normalized spacial score (nSPS) is 18.0. The second-order valence-electron chi connectivity index (χ2n) is 9.31. The van der Waals surface area contributed by atoms with Crippen LogP contribution >= 0.6 is 0 Å². The first-order valence-corrected chi connectivity index (χ1v) is 12.2. The topological polar surface area (TPSA) is 62.7 Å². The van der Waals surface area contributed by atoms with Gasteiger partial charge in [-0.15, -0.1) is 0 Å². The number of pyridine rings is 1.